The molecule has 0 aromatic heterocycles. The zero-order chi connectivity index (χ0) is 18.6. The number of ether oxygens (including phenoxy) is 2. The Labute approximate surface area is 181 Å². The molecule has 154 valence electrons. The first-order chi connectivity index (χ1) is 12.8. The number of para-hydroxylation sites is 2. The standard InChI is InChI=1S/C20H34N4O2.HI/c1-4-21-20(22-13-9-10-14-24(5-2)6-3)23-15-17-16-25-18-11-7-8-12-19(18)26-17;/h7-8,11-12,17H,4-6,9-10,13-16H2,1-3H3,(H2,21,22,23);1H. The zero-order valence-electron chi connectivity index (χ0n) is 16.9. The van der Waals surface area contributed by atoms with Crippen LogP contribution in [0.3, 0.4) is 0 Å². The van der Waals surface area contributed by atoms with Crippen molar-refractivity contribution in [2.75, 3.05) is 45.9 Å². The summed E-state index contributed by atoms with van der Waals surface area (Å²) >= 11 is 0. The minimum absolute atomic E-state index is 0. The Kier molecular flexibility index (Phi) is 12.2. The van der Waals surface area contributed by atoms with Crippen molar-refractivity contribution in [2.45, 2.75) is 39.7 Å². The third kappa shape index (κ3) is 8.55. The molecule has 1 aromatic rings. The lowest BCUT2D eigenvalue weighted by Gasteiger charge is -2.25. The van der Waals surface area contributed by atoms with Crippen LogP contribution in [0.4, 0.5) is 0 Å². The van der Waals surface area contributed by atoms with Crippen molar-refractivity contribution in [3.05, 3.63) is 24.3 Å². The second-order valence-electron chi connectivity index (χ2n) is 6.38. The number of guanidine groups is 1. The molecule has 0 saturated carbocycles. The quantitative estimate of drug-likeness (QED) is 0.229. The fraction of sp³-hybridized carbons (Fsp3) is 0.650. The van der Waals surface area contributed by atoms with Gasteiger partial charge in [-0.1, -0.05) is 26.0 Å². The van der Waals surface area contributed by atoms with Crippen LogP contribution in [0.25, 0.3) is 0 Å². The predicted octanol–water partition coefficient (Wildman–Crippen LogP) is 3.12. The summed E-state index contributed by atoms with van der Waals surface area (Å²) < 4.78 is 11.7. The van der Waals surface area contributed by atoms with Gasteiger partial charge in [0.1, 0.15) is 6.61 Å². The van der Waals surface area contributed by atoms with Gasteiger partial charge < -0.3 is 25.0 Å². The van der Waals surface area contributed by atoms with Crippen LogP contribution in [-0.2, 0) is 0 Å². The van der Waals surface area contributed by atoms with E-state index in [1.54, 1.807) is 0 Å². The fourth-order valence-electron chi connectivity index (χ4n) is 2.89. The minimum atomic E-state index is -0.0528. The maximum absolute atomic E-state index is 5.96. The van der Waals surface area contributed by atoms with Gasteiger partial charge in [0.15, 0.2) is 23.6 Å². The van der Waals surface area contributed by atoms with Crippen molar-refractivity contribution in [3.8, 4) is 11.5 Å². The highest BCUT2D eigenvalue weighted by Gasteiger charge is 2.20. The molecule has 0 saturated heterocycles. The molecule has 1 unspecified atom stereocenters. The molecule has 2 rings (SSSR count). The predicted molar refractivity (Wildman–Crippen MR) is 123 cm³/mol. The van der Waals surface area contributed by atoms with Crippen molar-refractivity contribution >= 4 is 29.9 Å². The molecule has 1 atom stereocenters. The van der Waals surface area contributed by atoms with E-state index in [1.165, 1.54) is 6.42 Å². The summed E-state index contributed by atoms with van der Waals surface area (Å²) in [7, 11) is 0. The largest absolute Gasteiger partial charge is 0.486 e. The number of nitrogens with zero attached hydrogens (tertiary/aromatic N) is 2. The van der Waals surface area contributed by atoms with E-state index in [4.69, 9.17) is 9.47 Å². The van der Waals surface area contributed by atoms with E-state index in [-0.39, 0.29) is 30.1 Å². The third-order valence-corrected chi connectivity index (χ3v) is 4.45. The smallest absolute Gasteiger partial charge is 0.191 e. The molecular formula is C20H35IN4O2. The number of unbranched alkanes of at least 4 members (excludes halogenated alkanes) is 1. The lowest BCUT2D eigenvalue weighted by atomic mass is 10.2. The van der Waals surface area contributed by atoms with Crippen LogP contribution in [0, 0.1) is 0 Å². The molecule has 0 amide bonds. The molecule has 27 heavy (non-hydrogen) atoms. The van der Waals surface area contributed by atoms with Crippen molar-refractivity contribution in [1.29, 1.82) is 0 Å². The fourth-order valence-corrected chi connectivity index (χ4v) is 2.89. The van der Waals surface area contributed by atoms with E-state index in [2.05, 4.69) is 41.3 Å². The first-order valence-corrected chi connectivity index (χ1v) is 9.89. The van der Waals surface area contributed by atoms with E-state index in [1.807, 2.05) is 24.3 Å². The van der Waals surface area contributed by atoms with Crippen molar-refractivity contribution in [1.82, 2.24) is 15.5 Å². The molecule has 7 heteroatoms. The van der Waals surface area contributed by atoms with Gasteiger partial charge >= 0.3 is 0 Å². The number of halogens is 1. The van der Waals surface area contributed by atoms with Crippen LogP contribution in [-0.4, -0.2) is 62.8 Å². The van der Waals surface area contributed by atoms with Crippen molar-refractivity contribution in [3.63, 3.8) is 0 Å². The average Bonchev–Trinajstić information content (AvgIpc) is 2.68. The molecule has 2 N–H and O–H groups in total. The second-order valence-corrected chi connectivity index (χ2v) is 6.38. The molecule has 1 heterocycles. The summed E-state index contributed by atoms with van der Waals surface area (Å²) in [5, 5.41) is 6.71. The Morgan fingerprint density at radius 3 is 2.56 bits per heavy atom. The zero-order valence-corrected chi connectivity index (χ0v) is 19.2. The summed E-state index contributed by atoms with van der Waals surface area (Å²) in [5.74, 6) is 2.46. The molecule has 0 aliphatic carbocycles. The molecule has 6 nitrogen and oxygen atoms in total. The molecule has 0 fully saturated rings. The number of nitrogens with one attached hydrogen (secondary N) is 2. The van der Waals surface area contributed by atoms with Gasteiger partial charge in [-0.25, -0.2) is 4.99 Å². The highest BCUT2D eigenvalue weighted by atomic mass is 127. The highest BCUT2D eigenvalue weighted by molar-refractivity contribution is 14.0. The first kappa shape index (κ1) is 23.8. The third-order valence-electron chi connectivity index (χ3n) is 4.45. The average molecular weight is 490 g/mol. The number of aliphatic imine (C=N–C) groups is 1. The molecular weight excluding hydrogens is 455 g/mol. The summed E-state index contributed by atoms with van der Waals surface area (Å²) in [6.45, 7) is 12.8. The number of benzene rings is 1. The number of rotatable bonds is 10. The van der Waals surface area contributed by atoms with E-state index in [9.17, 15) is 0 Å². The summed E-state index contributed by atoms with van der Waals surface area (Å²) in [6.07, 6.45) is 2.28. The van der Waals surface area contributed by atoms with Crippen LogP contribution in [0.5, 0.6) is 11.5 Å². The van der Waals surface area contributed by atoms with Crippen LogP contribution in [0.15, 0.2) is 29.3 Å². The van der Waals surface area contributed by atoms with E-state index in [0.29, 0.717) is 13.2 Å². The Morgan fingerprint density at radius 2 is 1.85 bits per heavy atom. The number of hydrogen-bond acceptors (Lipinski definition) is 4. The minimum Gasteiger partial charge on any atom is -0.486 e. The molecule has 1 aliphatic rings. The maximum Gasteiger partial charge on any atom is 0.191 e. The van der Waals surface area contributed by atoms with Crippen LogP contribution >= 0.6 is 24.0 Å². The van der Waals surface area contributed by atoms with Gasteiger partial charge in [-0.3, -0.25) is 0 Å². The highest BCUT2D eigenvalue weighted by Crippen LogP contribution is 2.30. The van der Waals surface area contributed by atoms with E-state index >= 15 is 0 Å². The monoisotopic (exact) mass is 490 g/mol. The van der Waals surface area contributed by atoms with Gasteiger partial charge in [0.25, 0.3) is 0 Å². The van der Waals surface area contributed by atoms with Gasteiger partial charge in [0, 0.05) is 13.1 Å². The van der Waals surface area contributed by atoms with E-state index in [0.717, 1.165) is 56.6 Å². The Hall–Kier alpha value is -1.22. The lowest BCUT2D eigenvalue weighted by Crippen LogP contribution is -2.40. The van der Waals surface area contributed by atoms with Crippen LogP contribution in [0.2, 0.25) is 0 Å². The van der Waals surface area contributed by atoms with Gasteiger partial charge in [-0.05, 0) is 51.5 Å². The number of hydrogen-bond donors (Lipinski definition) is 2. The van der Waals surface area contributed by atoms with Gasteiger partial charge in [-0.2, -0.15) is 0 Å². The molecule has 0 bridgehead atoms. The van der Waals surface area contributed by atoms with Crippen molar-refractivity contribution in [2.24, 2.45) is 4.99 Å². The summed E-state index contributed by atoms with van der Waals surface area (Å²) in [5.41, 5.74) is 0. The topological polar surface area (TPSA) is 58.1 Å². The van der Waals surface area contributed by atoms with E-state index < -0.39 is 0 Å². The molecule has 0 spiro atoms. The molecule has 1 aromatic carbocycles. The molecule has 1 aliphatic heterocycles. The summed E-state index contributed by atoms with van der Waals surface area (Å²) in [6, 6.07) is 7.77. The Bertz CT molecular complexity index is 553. The van der Waals surface area contributed by atoms with Gasteiger partial charge in [0.05, 0.1) is 6.54 Å². The SMILES string of the molecule is CCNC(=NCC1COc2ccccc2O1)NCCCCN(CC)CC.I. The van der Waals surface area contributed by atoms with Gasteiger partial charge in [-0.15, -0.1) is 24.0 Å². The van der Waals surface area contributed by atoms with Crippen molar-refractivity contribution < 1.29 is 9.47 Å². The van der Waals surface area contributed by atoms with Gasteiger partial charge in [0.2, 0.25) is 0 Å². The molecule has 0 radical (unpaired) electrons. The first-order valence-electron chi connectivity index (χ1n) is 9.89. The lowest BCUT2D eigenvalue weighted by molar-refractivity contribution is 0.0971. The number of fused-ring (bicyclic) bond motifs is 1. The maximum atomic E-state index is 5.96. The van der Waals surface area contributed by atoms with Crippen LogP contribution in [0.1, 0.15) is 33.6 Å². The summed E-state index contributed by atoms with van der Waals surface area (Å²) in [4.78, 5) is 7.11. The second kappa shape index (κ2) is 13.9. The van der Waals surface area contributed by atoms with Crippen LogP contribution < -0.4 is 20.1 Å². The normalized spacial score (nSPS) is 16.0. The Balaban J connectivity index is 0.00000364. The Morgan fingerprint density at radius 1 is 1.11 bits per heavy atom.